The van der Waals surface area contributed by atoms with Crippen LogP contribution in [-0.4, -0.2) is 38.4 Å². The molecule has 2 aliphatic heterocycles. The average molecular weight is 303 g/mol. The Kier molecular flexibility index (Phi) is 4.52. The van der Waals surface area contributed by atoms with Crippen LogP contribution in [-0.2, 0) is 11.3 Å². The second kappa shape index (κ2) is 6.57. The fourth-order valence-electron chi connectivity index (χ4n) is 3.40. The molecule has 3 rings (SSSR count). The first kappa shape index (κ1) is 15.2. The van der Waals surface area contributed by atoms with Gasteiger partial charge in [-0.1, -0.05) is 12.1 Å². The van der Waals surface area contributed by atoms with Gasteiger partial charge in [-0.15, -0.1) is 0 Å². The molecule has 2 N–H and O–H groups in total. The van der Waals surface area contributed by atoms with Crippen molar-refractivity contribution in [2.45, 2.75) is 51.0 Å². The predicted octanol–water partition coefficient (Wildman–Crippen LogP) is 1.99. The maximum Gasteiger partial charge on any atom is 0.191 e. The number of ether oxygens (including phenoxy) is 2. The average Bonchev–Trinajstić information content (AvgIpc) is 3.14. The molecule has 2 heterocycles. The minimum atomic E-state index is 0.354. The molecular weight excluding hydrogens is 278 g/mol. The van der Waals surface area contributed by atoms with Crippen LogP contribution in [0, 0.1) is 6.92 Å². The Labute approximate surface area is 132 Å². The number of benzene rings is 1. The molecule has 2 bridgehead atoms. The molecule has 5 heteroatoms. The van der Waals surface area contributed by atoms with E-state index in [1.165, 1.54) is 12.0 Å². The van der Waals surface area contributed by atoms with Crippen molar-refractivity contribution in [3.8, 4) is 5.75 Å². The van der Waals surface area contributed by atoms with Crippen LogP contribution < -0.4 is 15.4 Å². The summed E-state index contributed by atoms with van der Waals surface area (Å²) in [7, 11) is 3.51. The molecule has 2 saturated heterocycles. The third kappa shape index (κ3) is 3.19. The number of fused-ring (bicyclic) bond motifs is 2. The van der Waals surface area contributed by atoms with E-state index >= 15 is 0 Å². The van der Waals surface area contributed by atoms with Crippen LogP contribution in [0.3, 0.4) is 0 Å². The number of nitrogens with one attached hydrogen (secondary N) is 2. The highest BCUT2D eigenvalue weighted by Gasteiger charge is 2.41. The van der Waals surface area contributed by atoms with Crippen molar-refractivity contribution >= 4 is 5.96 Å². The van der Waals surface area contributed by atoms with E-state index in [0.717, 1.165) is 36.7 Å². The van der Waals surface area contributed by atoms with Crippen LogP contribution in [0.1, 0.15) is 30.4 Å². The van der Waals surface area contributed by atoms with E-state index < -0.39 is 0 Å². The van der Waals surface area contributed by atoms with Crippen molar-refractivity contribution in [3.63, 3.8) is 0 Å². The van der Waals surface area contributed by atoms with Crippen LogP contribution >= 0.6 is 0 Å². The molecule has 0 amide bonds. The summed E-state index contributed by atoms with van der Waals surface area (Å²) in [5.74, 6) is 1.76. The lowest BCUT2D eigenvalue weighted by atomic mass is 9.96. The number of guanidine groups is 1. The van der Waals surface area contributed by atoms with Gasteiger partial charge in [0.1, 0.15) is 5.75 Å². The SMILES string of the molecule is CN=C(NCc1ccc(OC)c(C)c1)NC1CC2CCC1O2. The minimum Gasteiger partial charge on any atom is -0.496 e. The van der Waals surface area contributed by atoms with Crippen LogP contribution in [0.4, 0.5) is 0 Å². The Morgan fingerprint density at radius 3 is 2.86 bits per heavy atom. The number of hydrogen-bond acceptors (Lipinski definition) is 3. The number of methoxy groups -OCH3 is 1. The fourth-order valence-corrected chi connectivity index (χ4v) is 3.40. The summed E-state index contributed by atoms with van der Waals surface area (Å²) < 4.78 is 11.2. The van der Waals surface area contributed by atoms with Crippen LogP contribution in [0.25, 0.3) is 0 Å². The molecule has 0 aromatic heterocycles. The molecule has 22 heavy (non-hydrogen) atoms. The van der Waals surface area contributed by atoms with E-state index in [0.29, 0.717) is 18.2 Å². The van der Waals surface area contributed by atoms with E-state index in [1.807, 2.05) is 13.1 Å². The van der Waals surface area contributed by atoms with Crippen molar-refractivity contribution in [2.75, 3.05) is 14.2 Å². The Hall–Kier alpha value is -1.75. The second-order valence-corrected chi connectivity index (χ2v) is 6.09. The summed E-state index contributed by atoms with van der Waals surface area (Å²) in [5.41, 5.74) is 2.36. The topological polar surface area (TPSA) is 54.9 Å². The van der Waals surface area contributed by atoms with Gasteiger partial charge < -0.3 is 20.1 Å². The van der Waals surface area contributed by atoms with Crippen molar-refractivity contribution in [3.05, 3.63) is 29.3 Å². The molecule has 0 radical (unpaired) electrons. The predicted molar refractivity (Wildman–Crippen MR) is 87.4 cm³/mol. The number of aryl methyl sites for hydroxylation is 1. The number of nitrogens with zero attached hydrogens (tertiary/aromatic N) is 1. The van der Waals surface area contributed by atoms with Gasteiger partial charge in [-0.05, 0) is 43.4 Å². The van der Waals surface area contributed by atoms with Crippen LogP contribution in [0.2, 0.25) is 0 Å². The summed E-state index contributed by atoms with van der Waals surface area (Å²) in [4.78, 5) is 4.32. The second-order valence-electron chi connectivity index (χ2n) is 6.09. The Morgan fingerprint density at radius 2 is 2.27 bits per heavy atom. The number of hydrogen-bond donors (Lipinski definition) is 2. The summed E-state index contributed by atoms with van der Waals surface area (Å²) in [6, 6.07) is 6.61. The summed E-state index contributed by atoms with van der Waals surface area (Å²) in [6.07, 6.45) is 4.26. The highest BCUT2D eigenvalue weighted by molar-refractivity contribution is 5.80. The van der Waals surface area contributed by atoms with E-state index in [-0.39, 0.29) is 0 Å². The normalized spacial score (nSPS) is 27.0. The summed E-state index contributed by atoms with van der Waals surface area (Å²) in [5, 5.41) is 6.87. The molecule has 2 aliphatic rings. The molecule has 3 atom stereocenters. The monoisotopic (exact) mass is 303 g/mol. The molecule has 1 aromatic rings. The lowest BCUT2D eigenvalue weighted by molar-refractivity contribution is 0.0992. The first-order valence-corrected chi connectivity index (χ1v) is 7.95. The van der Waals surface area contributed by atoms with Gasteiger partial charge >= 0.3 is 0 Å². The lowest BCUT2D eigenvalue weighted by Crippen LogP contribution is -2.47. The smallest absolute Gasteiger partial charge is 0.191 e. The lowest BCUT2D eigenvalue weighted by Gasteiger charge is -2.22. The standard InChI is InChI=1S/C17H25N3O2/c1-11-8-12(4-6-15(11)21-3)10-19-17(18-2)20-14-9-13-5-7-16(14)22-13/h4,6,8,13-14,16H,5,7,9-10H2,1-3H3,(H2,18,19,20). The molecule has 0 saturated carbocycles. The molecule has 0 spiro atoms. The molecule has 3 unspecified atom stereocenters. The quantitative estimate of drug-likeness (QED) is 0.660. The molecule has 0 aliphatic carbocycles. The Morgan fingerprint density at radius 1 is 1.41 bits per heavy atom. The summed E-state index contributed by atoms with van der Waals surface area (Å²) in [6.45, 7) is 2.80. The van der Waals surface area contributed by atoms with Crippen LogP contribution in [0.5, 0.6) is 5.75 Å². The van der Waals surface area contributed by atoms with Crippen molar-refractivity contribution < 1.29 is 9.47 Å². The van der Waals surface area contributed by atoms with Gasteiger partial charge in [-0.2, -0.15) is 0 Å². The van der Waals surface area contributed by atoms with E-state index in [9.17, 15) is 0 Å². The molecular formula is C17H25N3O2. The van der Waals surface area contributed by atoms with Gasteiger partial charge in [0, 0.05) is 13.6 Å². The largest absolute Gasteiger partial charge is 0.496 e. The maximum absolute atomic E-state index is 5.88. The third-order valence-electron chi connectivity index (χ3n) is 4.57. The maximum atomic E-state index is 5.88. The first-order chi connectivity index (χ1) is 10.7. The third-order valence-corrected chi connectivity index (χ3v) is 4.57. The molecule has 1 aromatic carbocycles. The van der Waals surface area contributed by atoms with E-state index in [2.05, 4.69) is 34.7 Å². The van der Waals surface area contributed by atoms with E-state index in [4.69, 9.17) is 9.47 Å². The van der Waals surface area contributed by atoms with E-state index in [1.54, 1.807) is 7.11 Å². The summed E-state index contributed by atoms with van der Waals surface area (Å²) >= 11 is 0. The molecule has 5 nitrogen and oxygen atoms in total. The van der Waals surface area contributed by atoms with Crippen molar-refractivity contribution in [1.82, 2.24) is 10.6 Å². The minimum absolute atomic E-state index is 0.354. The van der Waals surface area contributed by atoms with Crippen LogP contribution in [0.15, 0.2) is 23.2 Å². The highest BCUT2D eigenvalue weighted by atomic mass is 16.5. The van der Waals surface area contributed by atoms with Crippen molar-refractivity contribution in [1.29, 1.82) is 0 Å². The van der Waals surface area contributed by atoms with Gasteiger partial charge in [-0.25, -0.2) is 0 Å². The highest BCUT2D eigenvalue weighted by Crippen LogP contribution is 2.34. The zero-order valence-electron chi connectivity index (χ0n) is 13.6. The Balaban J connectivity index is 1.54. The first-order valence-electron chi connectivity index (χ1n) is 7.95. The fraction of sp³-hybridized carbons (Fsp3) is 0.588. The Bertz CT molecular complexity index is 559. The number of rotatable bonds is 4. The zero-order chi connectivity index (χ0) is 15.5. The van der Waals surface area contributed by atoms with Gasteiger partial charge in [0.2, 0.25) is 0 Å². The van der Waals surface area contributed by atoms with Gasteiger partial charge in [0.15, 0.2) is 5.96 Å². The number of aliphatic imine (C=N–C) groups is 1. The van der Waals surface area contributed by atoms with Crippen molar-refractivity contribution in [2.24, 2.45) is 4.99 Å². The van der Waals surface area contributed by atoms with Gasteiger partial charge in [0.05, 0.1) is 25.4 Å². The van der Waals surface area contributed by atoms with Gasteiger partial charge in [-0.3, -0.25) is 4.99 Å². The molecule has 2 fully saturated rings. The van der Waals surface area contributed by atoms with Gasteiger partial charge in [0.25, 0.3) is 0 Å². The molecule has 120 valence electrons. The zero-order valence-corrected chi connectivity index (χ0v) is 13.6.